The number of carbonyl (C=O) groups is 2. The Balaban J connectivity index is 1.42. The molecule has 2 aliphatic heterocycles. The predicted octanol–water partition coefficient (Wildman–Crippen LogP) is 2.10. The number of nitrogens with one attached hydrogen (secondary N) is 1. The SMILES string of the molecule is CN1CC(C(=O)N2CCN(S(=O)(=O)c3cccc(C(=O)Nc4cccc(Br)c4)c3)CC2)C1. The van der Waals surface area contributed by atoms with Crippen LogP contribution in [-0.4, -0.2) is 80.7 Å². The van der Waals surface area contributed by atoms with Gasteiger partial charge in [-0.2, -0.15) is 4.31 Å². The number of halogens is 1. The second-order valence-electron chi connectivity index (χ2n) is 8.14. The van der Waals surface area contributed by atoms with Gasteiger partial charge < -0.3 is 15.1 Å². The zero-order chi connectivity index (χ0) is 22.9. The van der Waals surface area contributed by atoms with Crippen LogP contribution in [-0.2, 0) is 14.8 Å². The first-order valence-corrected chi connectivity index (χ1v) is 12.6. The maximum Gasteiger partial charge on any atom is 0.255 e. The van der Waals surface area contributed by atoms with Gasteiger partial charge in [0.1, 0.15) is 0 Å². The van der Waals surface area contributed by atoms with Crippen molar-refractivity contribution in [2.75, 3.05) is 51.6 Å². The third kappa shape index (κ3) is 4.88. The molecule has 2 aromatic carbocycles. The van der Waals surface area contributed by atoms with Crippen LogP contribution in [0.15, 0.2) is 57.9 Å². The number of sulfonamides is 1. The molecule has 4 rings (SSSR count). The normalized spacial score (nSPS) is 18.2. The van der Waals surface area contributed by atoms with Crippen LogP contribution in [0.5, 0.6) is 0 Å². The number of anilines is 1. The van der Waals surface area contributed by atoms with E-state index in [1.165, 1.54) is 16.4 Å². The Morgan fingerprint density at radius 3 is 2.34 bits per heavy atom. The van der Waals surface area contributed by atoms with Crippen molar-refractivity contribution in [3.63, 3.8) is 0 Å². The highest BCUT2D eigenvalue weighted by Gasteiger charge is 2.36. The smallest absolute Gasteiger partial charge is 0.255 e. The Labute approximate surface area is 196 Å². The topological polar surface area (TPSA) is 90.0 Å². The number of amides is 2. The van der Waals surface area contributed by atoms with Crippen LogP contribution in [0.4, 0.5) is 5.69 Å². The molecule has 0 saturated carbocycles. The summed E-state index contributed by atoms with van der Waals surface area (Å²) in [6.07, 6.45) is 0. The van der Waals surface area contributed by atoms with E-state index in [0.29, 0.717) is 18.8 Å². The van der Waals surface area contributed by atoms with E-state index in [1.807, 2.05) is 13.1 Å². The second kappa shape index (κ2) is 9.30. The molecule has 8 nitrogen and oxygen atoms in total. The highest BCUT2D eigenvalue weighted by atomic mass is 79.9. The van der Waals surface area contributed by atoms with Crippen molar-refractivity contribution in [2.45, 2.75) is 4.90 Å². The quantitative estimate of drug-likeness (QED) is 0.651. The second-order valence-corrected chi connectivity index (χ2v) is 11.0. The van der Waals surface area contributed by atoms with Gasteiger partial charge in [0.2, 0.25) is 15.9 Å². The molecule has 1 N–H and O–H groups in total. The standard InChI is InChI=1S/C22H25BrN4O4S/c1-25-14-17(15-25)22(29)26-8-10-27(11-9-26)32(30,31)20-7-2-4-16(12-20)21(28)24-19-6-3-5-18(23)13-19/h2-7,12-13,17H,8-11,14-15H2,1H3,(H,24,28). The summed E-state index contributed by atoms with van der Waals surface area (Å²) in [6.45, 7) is 2.75. The van der Waals surface area contributed by atoms with Crippen molar-refractivity contribution in [3.8, 4) is 0 Å². The van der Waals surface area contributed by atoms with E-state index >= 15 is 0 Å². The van der Waals surface area contributed by atoms with Gasteiger partial charge in [0, 0.05) is 55.0 Å². The summed E-state index contributed by atoms with van der Waals surface area (Å²) in [4.78, 5) is 29.1. The zero-order valence-electron chi connectivity index (χ0n) is 17.7. The van der Waals surface area contributed by atoms with Gasteiger partial charge >= 0.3 is 0 Å². The lowest BCUT2D eigenvalue weighted by molar-refractivity contribution is -0.141. The van der Waals surface area contributed by atoms with Crippen LogP contribution in [0.3, 0.4) is 0 Å². The van der Waals surface area contributed by atoms with Gasteiger partial charge in [-0.15, -0.1) is 0 Å². The van der Waals surface area contributed by atoms with Crippen molar-refractivity contribution in [2.24, 2.45) is 5.92 Å². The lowest BCUT2D eigenvalue weighted by atomic mass is 9.99. The average Bonchev–Trinajstić information content (AvgIpc) is 2.76. The molecule has 0 bridgehead atoms. The average molecular weight is 521 g/mol. The lowest BCUT2D eigenvalue weighted by Crippen LogP contribution is -2.57. The maximum atomic E-state index is 13.2. The van der Waals surface area contributed by atoms with E-state index in [-0.39, 0.29) is 41.3 Å². The summed E-state index contributed by atoms with van der Waals surface area (Å²) < 4.78 is 28.5. The molecule has 170 valence electrons. The van der Waals surface area contributed by atoms with Crippen molar-refractivity contribution >= 4 is 43.5 Å². The third-order valence-electron chi connectivity index (χ3n) is 5.78. The van der Waals surface area contributed by atoms with E-state index in [2.05, 4.69) is 26.1 Å². The van der Waals surface area contributed by atoms with E-state index in [4.69, 9.17) is 0 Å². The highest BCUT2D eigenvalue weighted by molar-refractivity contribution is 9.10. The molecule has 0 spiro atoms. The van der Waals surface area contributed by atoms with Crippen LogP contribution in [0.25, 0.3) is 0 Å². The number of hydrogen-bond donors (Lipinski definition) is 1. The Hall–Kier alpha value is -2.27. The van der Waals surface area contributed by atoms with Crippen molar-refractivity contribution in [3.05, 3.63) is 58.6 Å². The van der Waals surface area contributed by atoms with Crippen LogP contribution in [0.2, 0.25) is 0 Å². The van der Waals surface area contributed by atoms with Crippen molar-refractivity contribution in [1.82, 2.24) is 14.1 Å². The Kier molecular flexibility index (Phi) is 6.66. The monoisotopic (exact) mass is 520 g/mol. The summed E-state index contributed by atoms with van der Waals surface area (Å²) in [7, 11) is -1.79. The minimum atomic E-state index is -3.77. The van der Waals surface area contributed by atoms with Gasteiger partial charge in [0.25, 0.3) is 5.91 Å². The first kappa shape index (κ1) is 22.9. The summed E-state index contributed by atoms with van der Waals surface area (Å²) in [6, 6.07) is 13.2. The summed E-state index contributed by atoms with van der Waals surface area (Å²) in [5, 5.41) is 2.78. The molecular formula is C22H25BrN4O4S. The first-order chi connectivity index (χ1) is 15.2. The molecule has 0 unspecified atom stereocenters. The third-order valence-corrected chi connectivity index (χ3v) is 8.17. The molecule has 2 aliphatic rings. The first-order valence-electron chi connectivity index (χ1n) is 10.4. The van der Waals surface area contributed by atoms with E-state index < -0.39 is 10.0 Å². The molecule has 32 heavy (non-hydrogen) atoms. The van der Waals surface area contributed by atoms with Gasteiger partial charge in [-0.05, 0) is 43.4 Å². The minimum absolute atomic E-state index is 0.0172. The Bertz CT molecular complexity index is 1130. The minimum Gasteiger partial charge on any atom is -0.340 e. The van der Waals surface area contributed by atoms with E-state index in [0.717, 1.165) is 17.6 Å². The van der Waals surface area contributed by atoms with Gasteiger partial charge in [0.15, 0.2) is 0 Å². The Morgan fingerprint density at radius 2 is 1.69 bits per heavy atom. The van der Waals surface area contributed by atoms with Gasteiger partial charge in [-0.25, -0.2) is 8.42 Å². The van der Waals surface area contributed by atoms with Crippen LogP contribution < -0.4 is 5.32 Å². The largest absolute Gasteiger partial charge is 0.340 e. The molecule has 2 aromatic rings. The lowest BCUT2D eigenvalue weighted by Gasteiger charge is -2.41. The maximum absolute atomic E-state index is 13.2. The zero-order valence-corrected chi connectivity index (χ0v) is 20.1. The molecule has 0 aliphatic carbocycles. The van der Waals surface area contributed by atoms with E-state index in [9.17, 15) is 18.0 Å². The predicted molar refractivity (Wildman–Crippen MR) is 125 cm³/mol. The summed E-state index contributed by atoms with van der Waals surface area (Å²) in [5.41, 5.74) is 0.866. The van der Waals surface area contributed by atoms with Crippen molar-refractivity contribution in [1.29, 1.82) is 0 Å². The molecular weight excluding hydrogens is 496 g/mol. The van der Waals surface area contributed by atoms with Crippen LogP contribution >= 0.6 is 15.9 Å². The van der Waals surface area contributed by atoms with Gasteiger partial charge in [-0.1, -0.05) is 28.1 Å². The van der Waals surface area contributed by atoms with Gasteiger partial charge in [0.05, 0.1) is 10.8 Å². The number of piperazine rings is 1. The molecule has 2 saturated heterocycles. The number of carbonyl (C=O) groups excluding carboxylic acids is 2. The number of hydrogen-bond acceptors (Lipinski definition) is 5. The number of nitrogens with zero attached hydrogens (tertiary/aromatic N) is 3. The number of likely N-dealkylation sites (tertiary alicyclic amines) is 1. The van der Waals surface area contributed by atoms with E-state index in [1.54, 1.807) is 35.2 Å². The number of benzene rings is 2. The molecule has 0 atom stereocenters. The highest BCUT2D eigenvalue weighted by Crippen LogP contribution is 2.22. The van der Waals surface area contributed by atoms with Crippen LogP contribution in [0, 0.1) is 5.92 Å². The summed E-state index contributed by atoms with van der Waals surface area (Å²) >= 11 is 3.36. The van der Waals surface area contributed by atoms with Crippen molar-refractivity contribution < 1.29 is 18.0 Å². The van der Waals surface area contributed by atoms with Crippen LogP contribution in [0.1, 0.15) is 10.4 Å². The fourth-order valence-corrected chi connectivity index (χ4v) is 5.85. The molecule has 10 heteroatoms. The molecule has 2 amide bonds. The molecule has 2 fully saturated rings. The molecule has 0 aromatic heterocycles. The summed E-state index contributed by atoms with van der Waals surface area (Å²) in [5.74, 6) is -0.268. The Morgan fingerprint density at radius 1 is 1.00 bits per heavy atom. The molecule has 2 heterocycles. The number of rotatable bonds is 5. The molecule has 0 radical (unpaired) electrons. The fourth-order valence-electron chi connectivity index (χ4n) is 3.98. The van der Waals surface area contributed by atoms with Gasteiger partial charge in [-0.3, -0.25) is 9.59 Å². The fraction of sp³-hybridized carbons (Fsp3) is 0.364.